The second-order valence-electron chi connectivity index (χ2n) is 4.10. The molecule has 0 spiro atoms. The van der Waals surface area contributed by atoms with Gasteiger partial charge in [0.1, 0.15) is 11.8 Å². The van der Waals surface area contributed by atoms with Crippen molar-refractivity contribution in [3.8, 4) is 5.75 Å². The van der Waals surface area contributed by atoms with Crippen LogP contribution in [-0.2, 0) is 20.7 Å². The normalized spacial score (nSPS) is 18.3. The Morgan fingerprint density at radius 3 is 3.06 bits per heavy atom. The summed E-state index contributed by atoms with van der Waals surface area (Å²) in [6.07, 6.45) is 0.768. The summed E-state index contributed by atoms with van der Waals surface area (Å²) in [4.78, 5) is 23.0. The summed E-state index contributed by atoms with van der Waals surface area (Å²) in [6.45, 7) is 0.378. The molecule has 0 aliphatic carbocycles. The summed E-state index contributed by atoms with van der Waals surface area (Å²) in [7, 11) is 1.58. The molecular weight excluding hydrogens is 234 g/mol. The summed E-state index contributed by atoms with van der Waals surface area (Å²) >= 11 is 0. The highest BCUT2D eigenvalue weighted by atomic mass is 16.5. The molecule has 0 saturated carbocycles. The number of carbonyl (C=O) groups is 2. The van der Waals surface area contributed by atoms with Crippen molar-refractivity contribution in [3.05, 3.63) is 29.8 Å². The van der Waals surface area contributed by atoms with Crippen molar-refractivity contribution in [2.45, 2.75) is 18.9 Å². The van der Waals surface area contributed by atoms with E-state index in [1.54, 1.807) is 13.2 Å². The van der Waals surface area contributed by atoms with Crippen molar-refractivity contribution in [1.29, 1.82) is 0 Å². The van der Waals surface area contributed by atoms with Gasteiger partial charge in [0.2, 0.25) is 5.91 Å². The lowest BCUT2D eigenvalue weighted by atomic mass is 10.1. The lowest BCUT2D eigenvalue weighted by Gasteiger charge is -2.09. The molecule has 1 aromatic carbocycles. The number of ether oxygens (including phenoxy) is 2. The maximum atomic E-state index is 11.8. The van der Waals surface area contributed by atoms with Crippen LogP contribution in [0.2, 0.25) is 0 Å². The Morgan fingerprint density at radius 1 is 1.56 bits per heavy atom. The molecule has 5 nitrogen and oxygen atoms in total. The van der Waals surface area contributed by atoms with Gasteiger partial charge in [-0.3, -0.25) is 4.79 Å². The van der Waals surface area contributed by atoms with Crippen molar-refractivity contribution in [3.63, 3.8) is 0 Å². The topological polar surface area (TPSA) is 64.6 Å². The number of carbonyl (C=O) groups excluding carboxylic acids is 2. The molecule has 18 heavy (non-hydrogen) atoms. The fraction of sp³-hybridized carbons (Fsp3) is 0.385. The number of cyclic esters (lactones) is 1. The van der Waals surface area contributed by atoms with E-state index >= 15 is 0 Å². The van der Waals surface area contributed by atoms with E-state index in [0.717, 1.165) is 5.56 Å². The fourth-order valence-corrected chi connectivity index (χ4v) is 1.84. The third kappa shape index (κ3) is 3.00. The second-order valence-corrected chi connectivity index (χ2v) is 4.10. The average molecular weight is 249 g/mol. The molecule has 1 heterocycles. The zero-order valence-corrected chi connectivity index (χ0v) is 10.1. The summed E-state index contributed by atoms with van der Waals surface area (Å²) in [6, 6.07) is 6.78. The number of benzene rings is 1. The van der Waals surface area contributed by atoms with Crippen molar-refractivity contribution < 1.29 is 19.1 Å². The molecule has 1 saturated heterocycles. The lowest BCUT2D eigenvalue weighted by molar-refractivity contribution is -0.141. The van der Waals surface area contributed by atoms with Gasteiger partial charge in [-0.1, -0.05) is 12.1 Å². The first-order valence-corrected chi connectivity index (χ1v) is 5.78. The van der Waals surface area contributed by atoms with Gasteiger partial charge in [0.05, 0.1) is 20.1 Å². The first kappa shape index (κ1) is 12.4. The maximum Gasteiger partial charge on any atom is 0.328 e. The van der Waals surface area contributed by atoms with Crippen LogP contribution in [0.15, 0.2) is 24.3 Å². The van der Waals surface area contributed by atoms with Gasteiger partial charge in [-0.05, 0) is 17.7 Å². The average Bonchev–Trinajstić information content (AvgIpc) is 2.75. The summed E-state index contributed by atoms with van der Waals surface area (Å²) in [5.41, 5.74) is 0.846. The number of rotatable bonds is 4. The molecule has 5 heteroatoms. The van der Waals surface area contributed by atoms with Crippen LogP contribution in [-0.4, -0.2) is 31.6 Å². The predicted octanol–water partition coefficient (Wildman–Crippen LogP) is 0.669. The highest BCUT2D eigenvalue weighted by Crippen LogP contribution is 2.13. The monoisotopic (exact) mass is 249 g/mol. The first-order chi connectivity index (χ1) is 8.69. The molecule has 1 fully saturated rings. The Balaban J connectivity index is 1.92. The summed E-state index contributed by atoms with van der Waals surface area (Å²) in [5.74, 6) is 0.168. The third-order valence-corrected chi connectivity index (χ3v) is 2.77. The molecule has 1 atom stereocenters. The molecule has 0 bridgehead atoms. The van der Waals surface area contributed by atoms with Crippen LogP contribution in [0.5, 0.6) is 5.75 Å². The quantitative estimate of drug-likeness (QED) is 0.796. The van der Waals surface area contributed by atoms with E-state index in [-0.39, 0.29) is 18.3 Å². The predicted molar refractivity (Wildman–Crippen MR) is 64.2 cm³/mol. The first-order valence-electron chi connectivity index (χ1n) is 5.78. The van der Waals surface area contributed by atoms with Gasteiger partial charge in [-0.2, -0.15) is 0 Å². The summed E-state index contributed by atoms with van der Waals surface area (Å²) in [5, 5.41) is 2.66. The van der Waals surface area contributed by atoms with Crippen LogP contribution >= 0.6 is 0 Å². The van der Waals surface area contributed by atoms with E-state index in [2.05, 4.69) is 5.32 Å². The van der Waals surface area contributed by atoms with Gasteiger partial charge >= 0.3 is 5.97 Å². The van der Waals surface area contributed by atoms with Crippen molar-refractivity contribution >= 4 is 11.9 Å². The largest absolute Gasteiger partial charge is 0.497 e. The number of esters is 1. The minimum Gasteiger partial charge on any atom is -0.497 e. The van der Waals surface area contributed by atoms with E-state index in [4.69, 9.17) is 9.47 Å². The van der Waals surface area contributed by atoms with E-state index in [9.17, 15) is 9.59 Å². The van der Waals surface area contributed by atoms with Crippen molar-refractivity contribution in [2.24, 2.45) is 0 Å². The molecule has 1 aromatic rings. The third-order valence-electron chi connectivity index (χ3n) is 2.77. The van der Waals surface area contributed by atoms with Crippen LogP contribution in [0.4, 0.5) is 0 Å². The van der Waals surface area contributed by atoms with Crippen molar-refractivity contribution in [1.82, 2.24) is 5.32 Å². The molecule has 96 valence electrons. The number of nitrogens with one attached hydrogen (secondary N) is 1. The Kier molecular flexibility index (Phi) is 3.82. The number of hydrogen-bond acceptors (Lipinski definition) is 4. The Bertz CT molecular complexity index is 458. The van der Waals surface area contributed by atoms with Gasteiger partial charge < -0.3 is 14.8 Å². The molecule has 0 radical (unpaired) electrons. The van der Waals surface area contributed by atoms with Crippen LogP contribution in [0.25, 0.3) is 0 Å². The minimum absolute atomic E-state index is 0.188. The van der Waals surface area contributed by atoms with Crippen molar-refractivity contribution in [2.75, 3.05) is 13.7 Å². The van der Waals surface area contributed by atoms with Gasteiger partial charge in [-0.15, -0.1) is 0 Å². The van der Waals surface area contributed by atoms with Crippen LogP contribution < -0.4 is 10.1 Å². The highest BCUT2D eigenvalue weighted by Gasteiger charge is 2.27. The minimum atomic E-state index is -0.497. The zero-order chi connectivity index (χ0) is 13.0. The Labute approximate surface area is 105 Å². The molecule has 1 aliphatic heterocycles. The lowest BCUT2D eigenvalue weighted by Crippen LogP contribution is -2.38. The van der Waals surface area contributed by atoms with E-state index in [1.807, 2.05) is 18.2 Å². The molecule has 1 aliphatic rings. The fourth-order valence-electron chi connectivity index (χ4n) is 1.84. The number of methoxy groups -OCH3 is 1. The van der Waals surface area contributed by atoms with E-state index in [0.29, 0.717) is 18.8 Å². The smallest absolute Gasteiger partial charge is 0.328 e. The maximum absolute atomic E-state index is 11.8. The van der Waals surface area contributed by atoms with Crippen LogP contribution in [0.1, 0.15) is 12.0 Å². The van der Waals surface area contributed by atoms with Crippen LogP contribution in [0.3, 0.4) is 0 Å². The highest BCUT2D eigenvalue weighted by molar-refractivity contribution is 5.86. The SMILES string of the molecule is COc1cccc(CC(=O)NC2CCOC2=O)c1. The number of amides is 1. The van der Waals surface area contributed by atoms with Gasteiger partial charge in [0.15, 0.2) is 0 Å². The van der Waals surface area contributed by atoms with Crippen LogP contribution in [0, 0.1) is 0 Å². The Morgan fingerprint density at radius 2 is 2.39 bits per heavy atom. The molecule has 0 aromatic heterocycles. The molecule has 1 N–H and O–H groups in total. The van der Waals surface area contributed by atoms with E-state index < -0.39 is 6.04 Å². The summed E-state index contributed by atoms with van der Waals surface area (Å²) < 4.78 is 9.86. The molecular formula is C13H15NO4. The standard InChI is InChI=1S/C13H15NO4/c1-17-10-4-2-3-9(7-10)8-12(15)14-11-5-6-18-13(11)16/h2-4,7,11H,5-6,8H2,1H3,(H,14,15). The number of hydrogen-bond donors (Lipinski definition) is 1. The zero-order valence-electron chi connectivity index (χ0n) is 10.1. The van der Waals surface area contributed by atoms with Gasteiger partial charge in [0.25, 0.3) is 0 Å². The molecule has 1 unspecified atom stereocenters. The van der Waals surface area contributed by atoms with Gasteiger partial charge in [-0.25, -0.2) is 4.79 Å². The van der Waals surface area contributed by atoms with E-state index in [1.165, 1.54) is 0 Å². The second kappa shape index (κ2) is 5.53. The molecule has 2 rings (SSSR count). The Hall–Kier alpha value is -2.04. The molecule has 1 amide bonds. The van der Waals surface area contributed by atoms with Gasteiger partial charge in [0, 0.05) is 6.42 Å².